The number of aromatic nitrogens is 3. The molecular formula is C12H14N4. The molecule has 0 aromatic carbocycles. The van der Waals surface area contributed by atoms with Gasteiger partial charge >= 0.3 is 0 Å². The van der Waals surface area contributed by atoms with Crippen molar-refractivity contribution in [3.05, 3.63) is 42.7 Å². The lowest BCUT2D eigenvalue weighted by molar-refractivity contribution is 0.713. The van der Waals surface area contributed by atoms with Crippen LogP contribution >= 0.6 is 0 Å². The lowest BCUT2D eigenvalue weighted by Crippen LogP contribution is -2.10. The Kier molecular flexibility index (Phi) is 2.42. The summed E-state index contributed by atoms with van der Waals surface area (Å²) < 4.78 is 2.15. The third kappa shape index (κ3) is 1.61. The molecule has 1 saturated heterocycles. The average molecular weight is 214 g/mol. The van der Waals surface area contributed by atoms with Gasteiger partial charge in [-0.05, 0) is 25.1 Å². The molecule has 0 spiro atoms. The largest absolute Gasteiger partial charge is 0.316 e. The monoisotopic (exact) mass is 214 g/mol. The number of hydrogen-bond acceptors (Lipinski definition) is 3. The molecule has 0 bridgehead atoms. The summed E-state index contributed by atoms with van der Waals surface area (Å²) in [7, 11) is 0. The minimum atomic E-state index is 0.579. The molecule has 0 saturated carbocycles. The highest BCUT2D eigenvalue weighted by Gasteiger charge is 2.20. The average Bonchev–Trinajstić information content (AvgIpc) is 3.01. The maximum absolute atomic E-state index is 4.26. The van der Waals surface area contributed by atoms with Crippen LogP contribution in [-0.4, -0.2) is 27.6 Å². The van der Waals surface area contributed by atoms with Gasteiger partial charge in [0.1, 0.15) is 0 Å². The Balaban J connectivity index is 1.99. The molecule has 0 aliphatic carbocycles. The molecule has 0 radical (unpaired) electrons. The first-order valence-corrected chi connectivity index (χ1v) is 5.58. The Morgan fingerprint density at radius 3 is 2.88 bits per heavy atom. The quantitative estimate of drug-likeness (QED) is 0.820. The smallest absolute Gasteiger partial charge is 0.0994 e. The van der Waals surface area contributed by atoms with E-state index in [9.17, 15) is 0 Å². The van der Waals surface area contributed by atoms with E-state index in [0.717, 1.165) is 18.8 Å². The van der Waals surface area contributed by atoms with Gasteiger partial charge in [-0.3, -0.25) is 4.98 Å². The SMILES string of the molecule is c1cc(-n2cncc2C2CCNC2)ccn1. The Labute approximate surface area is 94.4 Å². The van der Waals surface area contributed by atoms with Gasteiger partial charge in [0.2, 0.25) is 0 Å². The first kappa shape index (κ1) is 9.54. The van der Waals surface area contributed by atoms with Gasteiger partial charge in [0.15, 0.2) is 0 Å². The van der Waals surface area contributed by atoms with Crippen molar-refractivity contribution in [2.45, 2.75) is 12.3 Å². The molecule has 3 rings (SSSR count). The van der Waals surface area contributed by atoms with Crippen LogP contribution in [0, 0.1) is 0 Å². The van der Waals surface area contributed by atoms with E-state index in [2.05, 4.69) is 19.9 Å². The standard InChI is InChI=1S/C12H14N4/c1-4-14-7-10(1)12-8-15-9-16(12)11-2-5-13-6-3-11/h2-3,5-6,8-10,14H,1,4,7H2. The van der Waals surface area contributed by atoms with Crippen LogP contribution in [0.3, 0.4) is 0 Å². The van der Waals surface area contributed by atoms with Crippen molar-refractivity contribution in [2.24, 2.45) is 0 Å². The van der Waals surface area contributed by atoms with Gasteiger partial charge in [-0.2, -0.15) is 0 Å². The van der Waals surface area contributed by atoms with Gasteiger partial charge < -0.3 is 9.88 Å². The summed E-state index contributed by atoms with van der Waals surface area (Å²) >= 11 is 0. The van der Waals surface area contributed by atoms with Crippen LogP contribution < -0.4 is 5.32 Å². The van der Waals surface area contributed by atoms with Crippen LogP contribution in [0.1, 0.15) is 18.0 Å². The summed E-state index contributed by atoms with van der Waals surface area (Å²) in [6, 6.07) is 4.01. The highest BCUT2D eigenvalue weighted by Crippen LogP contribution is 2.24. The van der Waals surface area contributed by atoms with Crippen molar-refractivity contribution in [2.75, 3.05) is 13.1 Å². The van der Waals surface area contributed by atoms with E-state index >= 15 is 0 Å². The molecule has 1 fully saturated rings. The second-order valence-corrected chi connectivity index (χ2v) is 4.08. The Hall–Kier alpha value is -1.68. The zero-order valence-electron chi connectivity index (χ0n) is 9.00. The number of pyridine rings is 1. The number of rotatable bonds is 2. The van der Waals surface area contributed by atoms with Crippen molar-refractivity contribution in [3.63, 3.8) is 0 Å². The molecule has 82 valence electrons. The normalized spacial score (nSPS) is 20.1. The number of imidazole rings is 1. The van der Waals surface area contributed by atoms with E-state index < -0.39 is 0 Å². The van der Waals surface area contributed by atoms with Crippen molar-refractivity contribution in [3.8, 4) is 5.69 Å². The fourth-order valence-electron chi connectivity index (χ4n) is 2.23. The predicted octanol–water partition coefficient (Wildman–Crippen LogP) is 1.34. The molecule has 1 aliphatic heterocycles. The molecule has 2 aromatic rings. The van der Waals surface area contributed by atoms with E-state index in [1.54, 1.807) is 0 Å². The first-order chi connectivity index (χ1) is 7.95. The fourth-order valence-corrected chi connectivity index (χ4v) is 2.23. The molecule has 1 unspecified atom stereocenters. The molecule has 2 aromatic heterocycles. The Morgan fingerprint density at radius 2 is 2.12 bits per heavy atom. The van der Waals surface area contributed by atoms with Crippen molar-refractivity contribution in [1.29, 1.82) is 0 Å². The number of nitrogens with one attached hydrogen (secondary N) is 1. The van der Waals surface area contributed by atoms with E-state index in [0.29, 0.717) is 5.92 Å². The van der Waals surface area contributed by atoms with Crippen molar-refractivity contribution in [1.82, 2.24) is 19.9 Å². The van der Waals surface area contributed by atoms with Gasteiger partial charge in [-0.25, -0.2) is 4.98 Å². The molecule has 4 nitrogen and oxygen atoms in total. The third-order valence-electron chi connectivity index (χ3n) is 3.09. The molecule has 0 amide bonds. The maximum atomic E-state index is 4.26. The van der Waals surface area contributed by atoms with Crippen LogP contribution in [0.4, 0.5) is 0 Å². The van der Waals surface area contributed by atoms with Crippen LogP contribution in [0.25, 0.3) is 5.69 Å². The van der Waals surface area contributed by atoms with Gasteiger partial charge in [-0.1, -0.05) is 0 Å². The van der Waals surface area contributed by atoms with Crippen LogP contribution in [-0.2, 0) is 0 Å². The second-order valence-electron chi connectivity index (χ2n) is 4.08. The summed E-state index contributed by atoms with van der Waals surface area (Å²) in [4.78, 5) is 8.29. The van der Waals surface area contributed by atoms with Crippen LogP contribution in [0.2, 0.25) is 0 Å². The van der Waals surface area contributed by atoms with E-state index in [1.165, 1.54) is 12.1 Å². The molecular weight excluding hydrogens is 200 g/mol. The molecule has 3 heterocycles. The zero-order valence-corrected chi connectivity index (χ0v) is 9.00. The van der Waals surface area contributed by atoms with Crippen molar-refractivity contribution < 1.29 is 0 Å². The Morgan fingerprint density at radius 1 is 1.25 bits per heavy atom. The minimum absolute atomic E-state index is 0.579. The Bertz CT molecular complexity index is 457. The summed E-state index contributed by atoms with van der Waals surface area (Å²) in [5.74, 6) is 0.579. The van der Waals surface area contributed by atoms with Gasteiger partial charge in [0.25, 0.3) is 0 Å². The summed E-state index contributed by atoms with van der Waals surface area (Å²) in [5.41, 5.74) is 2.42. The number of hydrogen-bond donors (Lipinski definition) is 1. The highest BCUT2D eigenvalue weighted by molar-refractivity contribution is 5.32. The molecule has 4 heteroatoms. The van der Waals surface area contributed by atoms with Gasteiger partial charge in [0.05, 0.1) is 6.33 Å². The molecule has 1 aliphatic rings. The van der Waals surface area contributed by atoms with Crippen molar-refractivity contribution >= 4 is 0 Å². The topological polar surface area (TPSA) is 42.7 Å². The third-order valence-corrected chi connectivity index (χ3v) is 3.09. The van der Waals surface area contributed by atoms with E-state index in [4.69, 9.17) is 0 Å². The maximum Gasteiger partial charge on any atom is 0.0994 e. The van der Waals surface area contributed by atoms with E-state index in [-0.39, 0.29) is 0 Å². The molecule has 1 atom stereocenters. The fraction of sp³-hybridized carbons (Fsp3) is 0.333. The highest BCUT2D eigenvalue weighted by atomic mass is 15.1. The van der Waals surface area contributed by atoms with E-state index in [1.807, 2.05) is 37.1 Å². The predicted molar refractivity (Wildman–Crippen MR) is 61.6 cm³/mol. The first-order valence-electron chi connectivity index (χ1n) is 5.58. The van der Waals surface area contributed by atoms with Crippen LogP contribution in [0.15, 0.2) is 37.1 Å². The van der Waals surface area contributed by atoms with Gasteiger partial charge in [-0.15, -0.1) is 0 Å². The summed E-state index contributed by atoms with van der Waals surface area (Å²) in [6.07, 6.45) is 8.66. The lowest BCUT2D eigenvalue weighted by Gasteiger charge is -2.12. The zero-order chi connectivity index (χ0) is 10.8. The van der Waals surface area contributed by atoms with Crippen LogP contribution in [0.5, 0.6) is 0 Å². The number of nitrogens with zero attached hydrogens (tertiary/aromatic N) is 3. The lowest BCUT2D eigenvalue weighted by atomic mass is 10.1. The molecule has 16 heavy (non-hydrogen) atoms. The van der Waals surface area contributed by atoms with Gasteiger partial charge in [0, 0.05) is 42.4 Å². The summed E-state index contributed by atoms with van der Waals surface area (Å²) in [6.45, 7) is 2.16. The molecule has 1 N–H and O–H groups in total. The summed E-state index contributed by atoms with van der Waals surface area (Å²) in [5, 5.41) is 3.39. The second kappa shape index (κ2) is 4.06. The minimum Gasteiger partial charge on any atom is -0.316 e.